The maximum Gasteiger partial charge on any atom is 0.505 e. The fraction of sp³-hybridized carbons (Fsp3) is 0.200. The molecular formula is C5H5F3N4O. The molecule has 0 spiro atoms. The van der Waals surface area contributed by atoms with Crippen LogP contribution in [-0.2, 0) is 6.30 Å². The molecule has 1 rings (SSSR count). The zero-order valence-corrected chi connectivity index (χ0v) is 6.17. The maximum absolute atomic E-state index is 12.1. The van der Waals surface area contributed by atoms with Crippen LogP contribution < -0.4 is 11.3 Å². The quantitative estimate of drug-likeness (QED) is 0.374. The summed E-state index contributed by atoms with van der Waals surface area (Å²) in [6.07, 6.45) is -3.86. The predicted octanol–water partition coefficient (Wildman–Crippen LogP) is -0.0371. The molecule has 3 N–H and O–H groups in total. The van der Waals surface area contributed by atoms with Gasteiger partial charge in [-0.3, -0.25) is 10.2 Å². The van der Waals surface area contributed by atoms with Crippen molar-refractivity contribution < 1.29 is 18.0 Å². The van der Waals surface area contributed by atoms with Crippen molar-refractivity contribution in [1.29, 1.82) is 0 Å². The van der Waals surface area contributed by atoms with Gasteiger partial charge < -0.3 is 0 Å². The summed E-state index contributed by atoms with van der Waals surface area (Å²) in [5.74, 6) is 3.62. The number of carbonyl (C=O) groups excluding carboxylic acids is 1. The lowest BCUT2D eigenvalue weighted by molar-refractivity contribution is -0.213. The second-order valence-electron chi connectivity index (χ2n) is 2.07. The van der Waals surface area contributed by atoms with E-state index in [4.69, 9.17) is 0 Å². The molecule has 0 aliphatic rings. The summed E-state index contributed by atoms with van der Waals surface area (Å²) in [6, 6.07) is 0.912. The summed E-state index contributed by atoms with van der Waals surface area (Å²) >= 11 is 0. The Labute approximate surface area is 70.3 Å². The van der Waals surface area contributed by atoms with E-state index in [9.17, 15) is 18.0 Å². The standard InChI is InChI=1S/C5H5F3N4O/c6-5(7,8)12-3(1-2-10-12)4(13)11-9/h1-2H,9H2,(H,11,13). The van der Waals surface area contributed by atoms with Gasteiger partial charge in [0.25, 0.3) is 5.91 Å². The van der Waals surface area contributed by atoms with Gasteiger partial charge in [0.15, 0.2) is 0 Å². The molecule has 0 saturated carbocycles. The minimum Gasteiger partial charge on any atom is -0.289 e. The third kappa shape index (κ3) is 1.78. The monoisotopic (exact) mass is 194 g/mol. The molecule has 0 bridgehead atoms. The van der Waals surface area contributed by atoms with E-state index in [1.54, 1.807) is 5.43 Å². The van der Waals surface area contributed by atoms with Crippen molar-refractivity contribution in [2.75, 3.05) is 0 Å². The molecule has 13 heavy (non-hydrogen) atoms. The van der Waals surface area contributed by atoms with Crippen molar-refractivity contribution in [2.45, 2.75) is 6.30 Å². The molecule has 0 fully saturated rings. The zero-order valence-electron chi connectivity index (χ0n) is 6.17. The Morgan fingerprint density at radius 2 is 2.23 bits per heavy atom. The molecule has 5 nitrogen and oxygen atoms in total. The fourth-order valence-corrected chi connectivity index (χ4v) is 0.751. The third-order valence-corrected chi connectivity index (χ3v) is 1.25. The molecule has 72 valence electrons. The molecule has 1 amide bonds. The topological polar surface area (TPSA) is 72.9 Å². The highest BCUT2D eigenvalue weighted by atomic mass is 19.4. The summed E-state index contributed by atoms with van der Waals surface area (Å²) < 4.78 is 35.8. The number of nitrogens with two attached hydrogens (primary N) is 1. The van der Waals surface area contributed by atoms with Crippen molar-refractivity contribution in [3.05, 3.63) is 18.0 Å². The van der Waals surface area contributed by atoms with Crippen molar-refractivity contribution in [3.8, 4) is 0 Å². The summed E-state index contributed by atoms with van der Waals surface area (Å²) in [6.45, 7) is 0. The van der Waals surface area contributed by atoms with Crippen LogP contribution in [0.4, 0.5) is 13.2 Å². The van der Waals surface area contributed by atoms with E-state index in [0.29, 0.717) is 0 Å². The van der Waals surface area contributed by atoms with E-state index >= 15 is 0 Å². The molecule has 0 saturated heterocycles. The summed E-state index contributed by atoms with van der Waals surface area (Å²) in [4.78, 5) is 10.7. The van der Waals surface area contributed by atoms with E-state index in [1.807, 2.05) is 0 Å². The van der Waals surface area contributed by atoms with Crippen molar-refractivity contribution in [2.24, 2.45) is 5.84 Å². The van der Waals surface area contributed by atoms with E-state index in [0.717, 1.165) is 12.3 Å². The first-order valence-corrected chi connectivity index (χ1v) is 3.09. The molecular weight excluding hydrogens is 189 g/mol. The average molecular weight is 194 g/mol. The van der Waals surface area contributed by atoms with Crippen LogP contribution in [0.25, 0.3) is 0 Å². The van der Waals surface area contributed by atoms with Crippen LogP contribution in [0.3, 0.4) is 0 Å². The first kappa shape index (κ1) is 9.52. The molecule has 0 aromatic carbocycles. The number of hydrazine groups is 1. The number of aromatic nitrogens is 2. The Morgan fingerprint density at radius 1 is 1.62 bits per heavy atom. The van der Waals surface area contributed by atoms with E-state index in [2.05, 4.69) is 10.9 Å². The molecule has 0 aliphatic carbocycles. The number of nitrogen functional groups attached to an aromatic ring is 1. The van der Waals surface area contributed by atoms with Crippen LogP contribution in [-0.4, -0.2) is 15.7 Å². The van der Waals surface area contributed by atoms with Crippen LogP contribution in [0.15, 0.2) is 12.3 Å². The number of hydrogen-bond acceptors (Lipinski definition) is 3. The lowest BCUT2D eigenvalue weighted by Crippen LogP contribution is -2.34. The second-order valence-corrected chi connectivity index (χ2v) is 2.07. The van der Waals surface area contributed by atoms with Gasteiger partial charge in [-0.1, -0.05) is 0 Å². The van der Waals surface area contributed by atoms with Crippen LogP contribution in [0.5, 0.6) is 0 Å². The number of rotatable bonds is 1. The highest BCUT2D eigenvalue weighted by Gasteiger charge is 2.35. The van der Waals surface area contributed by atoms with Gasteiger partial charge in [-0.05, 0) is 6.07 Å². The number of halogens is 3. The average Bonchev–Trinajstić information content (AvgIpc) is 2.49. The normalized spacial score (nSPS) is 11.4. The van der Waals surface area contributed by atoms with Crippen molar-refractivity contribution >= 4 is 5.91 Å². The molecule has 0 unspecified atom stereocenters. The largest absolute Gasteiger partial charge is 0.505 e. The van der Waals surface area contributed by atoms with Gasteiger partial charge in [-0.2, -0.15) is 9.78 Å². The predicted molar refractivity (Wildman–Crippen MR) is 35.2 cm³/mol. The van der Waals surface area contributed by atoms with Crippen molar-refractivity contribution in [1.82, 2.24) is 15.2 Å². The summed E-state index contributed by atoms with van der Waals surface area (Å²) in [7, 11) is 0. The van der Waals surface area contributed by atoms with Crippen molar-refractivity contribution in [3.63, 3.8) is 0 Å². The van der Waals surface area contributed by atoms with Gasteiger partial charge in [-0.25, -0.2) is 5.84 Å². The van der Waals surface area contributed by atoms with Crippen LogP contribution in [0.1, 0.15) is 10.5 Å². The Morgan fingerprint density at radius 3 is 2.69 bits per heavy atom. The van der Waals surface area contributed by atoms with Gasteiger partial charge in [-0.15, -0.1) is 13.2 Å². The maximum atomic E-state index is 12.1. The number of nitrogens with one attached hydrogen (secondary N) is 1. The first-order valence-electron chi connectivity index (χ1n) is 3.09. The Hall–Kier alpha value is -1.57. The number of alkyl halides is 3. The Kier molecular flexibility index (Phi) is 2.24. The molecule has 1 aromatic heterocycles. The highest BCUT2D eigenvalue weighted by molar-refractivity contribution is 5.91. The van der Waals surface area contributed by atoms with Crippen LogP contribution in [0, 0.1) is 0 Å². The number of nitrogens with zero attached hydrogens (tertiary/aromatic N) is 2. The SMILES string of the molecule is NNC(=O)c1ccnn1C(F)(F)F. The second kappa shape index (κ2) is 3.05. The third-order valence-electron chi connectivity index (χ3n) is 1.25. The first-order chi connectivity index (χ1) is 5.96. The lowest BCUT2D eigenvalue weighted by Gasteiger charge is -2.08. The molecule has 0 aliphatic heterocycles. The van der Waals surface area contributed by atoms with Gasteiger partial charge in [0.05, 0.1) is 6.20 Å². The lowest BCUT2D eigenvalue weighted by atomic mass is 10.4. The number of hydrogen-bond donors (Lipinski definition) is 2. The van der Waals surface area contributed by atoms with Gasteiger partial charge in [0.2, 0.25) is 0 Å². The van der Waals surface area contributed by atoms with Gasteiger partial charge in [0, 0.05) is 0 Å². The zero-order chi connectivity index (χ0) is 10.1. The Balaban J connectivity index is 3.10. The fourth-order valence-electron chi connectivity index (χ4n) is 0.751. The summed E-state index contributed by atoms with van der Waals surface area (Å²) in [5, 5.41) is 2.93. The van der Waals surface area contributed by atoms with Gasteiger partial charge in [0.1, 0.15) is 5.69 Å². The van der Waals surface area contributed by atoms with Gasteiger partial charge >= 0.3 is 6.30 Å². The van der Waals surface area contributed by atoms with E-state index < -0.39 is 17.9 Å². The van der Waals surface area contributed by atoms with Crippen LogP contribution in [0.2, 0.25) is 0 Å². The minimum atomic E-state index is -4.72. The summed E-state index contributed by atoms with van der Waals surface area (Å²) in [5.41, 5.74) is 0.923. The smallest absolute Gasteiger partial charge is 0.289 e. The van der Waals surface area contributed by atoms with E-state index in [1.165, 1.54) is 0 Å². The number of amides is 1. The minimum absolute atomic E-state index is 0.366. The van der Waals surface area contributed by atoms with Crippen LogP contribution >= 0.6 is 0 Å². The molecule has 8 heteroatoms. The Bertz CT molecular complexity index is 318. The molecule has 0 radical (unpaired) electrons. The molecule has 0 atom stereocenters. The molecule has 1 aromatic rings. The number of carbonyl (C=O) groups is 1. The van der Waals surface area contributed by atoms with E-state index in [-0.39, 0.29) is 4.68 Å². The molecule has 1 heterocycles. The highest BCUT2D eigenvalue weighted by Crippen LogP contribution is 2.22.